The molecule has 1 aliphatic carbocycles. The summed E-state index contributed by atoms with van der Waals surface area (Å²) in [5, 5.41) is 10.2. The van der Waals surface area contributed by atoms with E-state index in [9.17, 15) is 23.6 Å². The molecule has 0 N–H and O–H groups in total. The lowest BCUT2D eigenvalue weighted by Gasteiger charge is -2.43. The molecule has 10 nitrogen and oxygen atoms in total. The summed E-state index contributed by atoms with van der Waals surface area (Å²) in [6, 6.07) is 2.53. The van der Waals surface area contributed by atoms with Gasteiger partial charge in [0, 0.05) is 95.7 Å². The monoisotopic (exact) mass is 616 g/mol. The SMILES string of the molecule is COc1ncc(CN(C(=O)CC2CCC(F)(F)CC2)C2CCN(C(=O)C3(C#N)CCN(CC4CCOCC4)CC3)CC2)cn1. The molecular formula is C32H46F2N6O4. The molecule has 2 amide bonds. The Hall–Kier alpha value is -2.91. The van der Waals surface area contributed by atoms with Gasteiger partial charge >= 0.3 is 6.01 Å². The summed E-state index contributed by atoms with van der Waals surface area (Å²) >= 11 is 0. The molecule has 0 spiro atoms. The summed E-state index contributed by atoms with van der Waals surface area (Å²) in [6.45, 7) is 5.34. The first-order valence-corrected chi connectivity index (χ1v) is 16.2. The van der Waals surface area contributed by atoms with Gasteiger partial charge < -0.3 is 24.2 Å². The molecule has 5 rings (SSSR count). The molecule has 1 aromatic rings. The number of amides is 2. The van der Waals surface area contributed by atoms with E-state index in [2.05, 4.69) is 20.9 Å². The number of likely N-dealkylation sites (tertiary alicyclic amines) is 2. The average molecular weight is 617 g/mol. The molecule has 12 heteroatoms. The Morgan fingerprint density at radius 1 is 1.00 bits per heavy atom. The second-order valence-corrected chi connectivity index (χ2v) is 13.2. The molecular weight excluding hydrogens is 570 g/mol. The van der Waals surface area contributed by atoms with Crippen molar-refractivity contribution in [3.05, 3.63) is 18.0 Å². The fourth-order valence-electron chi connectivity index (χ4n) is 7.28. The van der Waals surface area contributed by atoms with Gasteiger partial charge in [-0.15, -0.1) is 0 Å². The molecule has 0 atom stereocenters. The van der Waals surface area contributed by atoms with Crippen LogP contribution in [0.25, 0.3) is 0 Å². The molecule has 0 unspecified atom stereocenters. The molecule has 44 heavy (non-hydrogen) atoms. The summed E-state index contributed by atoms with van der Waals surface area (Å²) in [5.41, 5.74) is -0.248. The van der Waals surface area contributed by atoms with E-state index in [-0.39, 0.29) is 49.0 Å². The largest absolute Gasteiger partial charge is 0.467 e. The third-order valence-electron chi connectivity index (χ3n) is 10.2. The Bertz CT molecular complexity index is 1150. The van der Waals surface area contributed by atoms with Gasteiger partial charge in [-0.2, -0.15) is 5.26 Å². The first kappa shape index (κ1) is 32.5. The molecule has 0 aromatic carbocycles. The zero-order valence-corrected chi connectivity index (χ0v) is 25.9. The Kier molecular flexibility index (Phi) is 10.7. The third-order valence-corrected chi connectivity index (χ3v) is 10.2. The van der Waals surface area contributed by atoms with Crippen LogP contribution in [-0.2, 0) is 20.9 Å². The summed E-state index contributed by atoms with van der Waals surface area (Å²) < 4.78 is 38.0. The molecule has 4 fully saturated rings. The third kappa shape index (κ3) is 8.02. The first-order chi connectivity index (χ1) is 21.2. The summed E-state index contributed by atoms with van der Waals surface area (Å²) in [6.07, 6.45) is 8.22. The highest BCUT2D eigenvalue weighted by molar-refractivity contribution is 5.86. The highest BCUT2D eigenvalue weighted by atomic mass is 19.3. The van der Waals surface area contributed by atoms with E-state index in [1.54, 1.807) is 12.4 Å². The van der Waals surface area contributed by atoms with Gasteiger partial charge in [0.1, 0.15) is 5.41 Å². The predicted molar refractivity (Wildman–Crippen MR) is 158 cm³/mol. The normalized spacial score (nSPS) is 23.5. The van der Waals surface area contributed by atoms with Gasteiger partial charge in [0.25, 0.3) is 0 Å². The standard InChI is InChI=1S/C32H46F2N6O4/c1-43-30-36-19-26(20-37-30)22-40(28(41)18-24-2-8-32(33,34)9-3-24)27-4-12-39(13-5-27)29(42)31(23-35)10-14-38(15-11-31)21-25-6-16-44-17-7-25/h19-20,24-25,27H,2-18,21-22H2,1H3. The molecule has 0 bridgehead atoms. The highest BCUT2D eigenvalue weighted by Gasteiger charge is 2.45. The number of carbonyl (C=O) groups excluding carboxylic acids is 2. The van der Waals surface area contributed by atoms with E-state index in [0.717, 1.165) is 51.3 Å². The Balaban J connectivity index is 1.19. The van der Waals surface area contributed by atoms with Gasteiger partial charge in [0.2, 0.25) is 17.7 Å². The quantitative estimate of drug-likeness (QED) is 0.409. The molecule has 242 valence electrons. The Morgan fingerprint density at radius 3 is 2.23 bits per heavy atom. The molecule has 4 heterocycles. The minimum Gasteiger partial charge on any atom is -0.467 e. The van der Waals surface area contributed by atoms with Crippen LogP contribution in [0.5, 0.6) is 6.01 Å². The van der Waals surface area contributed by atoms with Crippen molar-refractivity contribution in [2.24, 2.45) is 17.3 Å². The number of carbonyl (C=O) groups is 2. The van der Waals surface area contributed by atoms with Crippen molar-refractivity contribution in [1.29, 1.82) is 5.26 Å². The van der Waals surface area contributed by atoms with Crippen molar-refractivity contribution < 1.29 is 27.8 Å². The Labute approximate surface area is 259 Å². The van der Waals surface area contributed by atoms with Crippen molar-refractivity contribution in [3.63, 3.8) is 0 Å². The number of rotatable bonds is 9. The summed E-state index contributed by atoms with van der Waals surface area (Å²) in [5.74, 6) is -2.24. The number of hydrogen-bond donors (Lipinski definition) is 0. The minimum atomic E-state index is -2.64. The highest BCUT2D eigenvalue weighted by Crippen LogP contribution is 2.38. The lowest BCUT2D eigenvalue weighted by molar-refractivity contribution is -0.144. The van der Waals surface area contributed by atoms with Gasteiger partial charge in [-0.05, 0) is 63.2 Å². The lowest BCUT2D eigenvalue weighted by atomic mass is 9.77. The lowest BCUT2D eigenvalue weighted by Crippen LogP contribution is -2.54. The fraction of sp³-hybridized carbons (Fsp3) is 0.781. The molecule has 0 radical (unpaired) electrons. The van der Waals surface area contributed by atoms with Crippen molar-refractivity contribution in [2.75, 3.05) is 53.0 Å². The molecule has 4 aliphatic rings. The van der Waals surface area contributed by atoms with Crippen molar-refractivity contribution in [2.45, 2.75) is 89.1 Å². The van der Waals surface area contributed by atoms with E-state index in [4.69, 9.17) is 9.47 Å². The number of alkyl halides is 2. The van der Waals surface area contributed by atoms with E-state index < -0.39 is 11.3 Å². The van der Waals surface area contributed by atoms with E-state index in [0.29, 0.717) is 64.1 Å². The molecule has 1 saturated carbocycles. The number of halogens is 2. The first-order valence-electron chi connectivity index (χ1n) is 16.2. The maximum Gasteiger partial charge on any atom is 0.316 e. The number of nitriles is 1. The van der Waals surface area contributed by atoms with Gasteiger partial charge in [-0.3, -0.25) is 9.59 Å². The zero-order chi connectivity index (χ0) is 31.2. The maximum atomic E-state index is 13.8. The van der Waals surface area contributed by atoms with Crippen LogP contribution in [0.4, 0.5) is 8.78 Å². The van der Waals surface area contributed by atoms with Crippen LogP contribution in [0, 0.1) is 28.6 Å². The molecule has 3 aliphatic heterocycles. The van der Waals surface area contributed by atoms with Crippen molar-refractivity contribution in [1.82, 2.24) is 24.7 Å². The van der Waals surface area contributed by atoms with Crippen LogP contribution in [0.15, 0.2) is 12.4 Å². The maximum absolute atomic E-state index is 13.8. The van der Waals surface area contributed by atoms with Gasteiger partial charge in [-0.1, -0.05) is 0 Å². The molecule has 3 saturated heterocycles. The number of aromatic nitrogens is 2. The second-order valence-electron chi connectivity index (χ2n) is 13.2. The van der Waals surface area contributed by atoms with Crippen molar-refractivity contribution in [3.8, 4) is 12.1 Å². The fourth-order valence-corrected chi connectivity index (χ4v) is 7.28. The minimum absolute atomic E-state index is 0.0637. The van der Waals surface area contributed by atoms with Crippen LogP contribution in [-0.4, -0.2) is 101 Å². The van der Waals surface area contributed by atoms with E-state index in [1.807, 2.05) is 9.80 Å². The van der Waals surface area contributed by atoms with Crippen molar-refractivity contribution >= 4 is 11.8 Å². The van der Waals surface area contributed by atoms with E-state index in [1.165, 1.54) is 7.11 Å². The summed E-state index contributed by atoms with van der Waals surface area (Å²) in [7, 11) is 1.49. The smallest absolute Gasteiger partial charge is 0.316 e. The predicted octanol–water partition coefficient (Wildman–Crippen LogP) is 4.05. The van der Waals surface area contributed by atoms with Crippen LogP contribution < -0.4 is 4.74 Å². The Morgan fingerprint density at radius 2 is 1.64 bits per heavy atom. The van der Waals surface area contributed by atoms with Crippen LogP contribution in [0.3, 0.4) is 0 Å². The number of ether oxygens (including phenoxy) is 2. The van der Waals surface area contributed by atoms with Gasteiger partial charge in [-0.25, -0.2) is 18.7 Å². The second kappa shape index (κ2) is 14.5. The number of nitrogens with zero attached hydrogens (tertiary/aromatic N) is 6. The van der Waals surface area contributed by atoms with Crippen LogP contribution in [0.1, 0.15) is 76.2 Å². The van der Waals surface area contributed by atoms with Crippen LogP contribution in [0.2, 0.25) is 0 Å². The summed E-state index contributed by atoms with van der Waals surface area (Å²) in [4.78, 5) is 41.8. The number of hydrogen-bond acceptors (Lipinski definition) is 8. The van der Waals surface area contributed by atoms with E-state index >= 15 is 0 Å². The van der Waals surface area contributed by atoms with Crippen LogP contribution >= 0.6 is 0 Å². The number of piperidine rings is 2. The number of methoxy groups -OCH3 is 1. The van der Waals surface area contributed by atoms with Gasteiger partial charge in [0.05, 0.1) is 13.2 Å². The van der Waals surface area contributed by atoms with Gasteiger partial charge in [0.15, 0.2) is 0 Å². The molecule has 1 aromatic heterocycles. The average Bonchev–Trinajstić information content (AvgIpc) is 3.05. The topological polar surface area (TPSA) is 112 Å². The zero-order valence-electron chi connectivity index (χ0n) is 25.9.